The molecule has 0 spiro atoms. The average molecular weight is 376 g/mol. The van der Waals surface area contributed by atoms with Crippen LogP contribution in [-0.2, 0) is 30.3 Å². The molecule has 2 aliphatic rings. The minimum absolute atomic E-state index is 0.293. The zero-order valence-corrected chi connectivity index (χ0v) is 15.6. The van der Waals surface area contributed by atoms with Crippen molar-refractivity contribution in [3.8, 4) is 0 Å². The zero-order valence-electron chi connectivity index (χ0n) is 15.6. The molecule has 2 bridgehead atoms. The highest BCUT2D eigenvalue weighted by atomic mass is 16.7. The topological polar surface area (TPSA) is 66.4 Å². The van der Waals surface area contributed by atoms with Crippen molar-refractivity contribution < 1.29 is 28.8 Å². The quantitative estimate of drug-likeness (QED) is 0.667. The first-order valence-electron chi connectivity index (χ1n) is 9.25. The van der Waals surface area contributed by atoms with E-state index in [2.05, 4.69) is 13.2 Å². The fourth-order valence-electron chi connectivity index (χ4n) is 3.62. The molecule has 1 aromatic rings. The second-order valence-electron chi connectivity index (χ2n) is 6.69. The predicted molar refractivity (Wildman–Crippen MR) is 100 cm³/mol. The molecule has 1 aromatic carbocycles. The van der Waals surface area contributed by atoms with Crippen LogP contribution in [0.3, 0.4) is 0 Å². The highest BCUT2D eigenvalue weighted by molar-refractivity contribution is 5.14. The maximum Gasteiger partial charge on any atom is 0.156 e. The van der Waals surface area contributed by atoms with Crippen molar-refractivity contribution in [1.82, 2.24) is 0 Å². The molecule has 6 heteroatoms. The van der Waals surface area contributed by atoms with E-state index in [0.717, 1.165) is 5.56 Å². The van der Waals surface area contributed by atoms with Gasteiger partial charge in [-0.25, -0.2) is 0 Å². The first-order chi connectivity index (χ1) is 13.2. The van der Waals surface area contributed by atoms with E-state index in [1.54, 1.807) is 12.2 Å². The molecule has 1 saturated carbocycles. The molecule has 1 saturated heterocycles. The van der Waals surface area contributed by atoms with Crippen LogP contribution >= 0.6 is 0 Å². The van der Waals surface area contributed by atoms with Crippen LogP contribution in [0, 0.1) is 0 Å². The summed E-state index contributed by atoms with van der Waals surface area (Å²) in [6.45, 7) is 10.2. The Kier molecular flexibility index (Phi) is 7.18. The van der Waals surface area contributed by atoms with Crippen LogP contribution in [0.2, 0.25) is 0 Å². The molecule has 3 rings (SSSR count). The van der Waals surface area contributed by atoms with Crippen molar-refractivity contribution in [2.75, 3.05) is 13.2 Å². The lowest BCUT2D eigenvalue weighted by Crippen LogP contribution is -2.70. The summed E-state index contributed by atoms with van der Waals surface area (Å²) in [4.78, 5) is 0. The van der Waals surface area contributed by atoms with Crippen molar-refractivity contribution in [1.29, 1.82) is 0 Å². The van der Waals surface area contributed by atoms with Crippen molar-refractivity contribution in [3.05, 3.63) is 61.2 Å². The lowest BCUT2D eigenvalue weighted by molar-refractivity contribution is -0.361. The van der Waals surface area contributed by atoms with Gasteiger partial charge in [-0.2, -0.15) is 0 Å². The number of rotatable bonds is 9. The van der Waals surface area contributed by atoms with Crippen LogP contribution in [0.15, 0.2) is 55.6 Å². The van der Waals surface area contributed by atoms with E-state index < -0.39 is 42.9 Å². The van der Waals surface area contributed by atoms with Gasteiger partial charge in [0, 0.05) is 0 Å². The first kappa shape index (κ1) is 20.2. The third-order valence-corrected chi connectivity index (χ3v) is 4.76. The Bertz CT molecular complexity index is 592. The molecule has 1 N–H and O–H groups in total. The fraction of sp³-hybridized carbons (Fsp3) is 0.524. The highest BCUT2D eigenvalue weighted by Gasteiger charge is 2.57. The van der Waals surface area contributed by atoms with Gasteiger partial charge in [0.1, 0.15) is 36.6 Å². The normalized spacial score (nSPS) is 35.6. The van der Waals surface area contributed by atoms with Crippen LogP contribution in [0.25, 0.3) is 0 Å². The van der Waals surface area contributed by atoms with Crippen molar-refractivity contribution >= 4 is 0 Å². The van der Waals surface area contributed by atoms with E-state index >= 15 is 0 Å². The fourth-order valence-corrected chi connectivity index (χ4v) is 3.62. The Balaban J connectivity index is 1.81. The van der Waals surface area contributed by atoms with Crippen LogP contribution in [0.4, 0.5) is 0 Å². The van der Waals surface area contributed by atoms with Gasteiger partial charge in [0.2, 0.25) is 0 Å². The minimum atomic E-state index is -0.917. The third-order valence-electron chi connectivity index (χ3n) is 4.76. The van der Waals surface area contributed by atoms with Crippen molar-refractivity contribution in [2.45, 2.75) is 56.4 Å². The van der Waals surface area contributed by atoms with Gasteiger partial charge in [0.15, 0.2) is 6.29 Å². The standard InChI is InChI=1S/C21H28O6/c1-4-11-23-17-16(22)18(25-13-15-9-7-6-8-10-15)21-19(24-12-5-2)20(17)26-14(3)27-21/h4-10,14,16-22H,1-2,11-13H2,3H3/t14-,16-,17-,18-,19-,20+,21-/m1/s1. The molecule has 7 atom stereocenters. The van der Waals surface area contributed by atoms with E-state index in [9.17, 15) is 5.11 Å². The number of ether oxygens (including phenoxy) is 5. The molecule has 0 radical (unpaired) electrons. The largest absolute Gasteiger partial charge is 0.387 e. The molecule has 1 aliphatic carbocycles. The highest BCUT2D eigenvalue weighted by Crippen LogP contribution is 2.37. The lowest BCUT2D eigenvalue weighted by atomic mass is 9.83. The zero-order chi connectivity index (χ0) is 19.2. The molecule has 0 unspecified atom stereocenters. The van der Waals surface area contributed by atoms with E-state index in [0.29, 0.717) is 19.8 Å². The molecule has 6 nitrogen and oxygen atoms in total. The Morgan fingerprint density at radius 3 is 2.07 bits per heavy atom. The van der Waals surface area contributed by atoms with Gasteiger partial charge < -0.3 is 28.8 Å². The second-order valence-corrected chi connectivity index (χ2v) is 6.69. The van der Waals surface area contributed by atoms with Crippen LogP contribution in [-0.4, -0.2) is 61.2 Å². The molecule has 27 heavy (non-hydrogen) atoms. The van der Waals surface area contributed by atoms with Gasteiger partial charge in [-0.15, -0.1) is 13.2 Å². The number of aliphatic hydroxyl groups excluding tert-OH is 1. The van der Waals surface area contributed by atoms with E-state index in [1.165, 1.54) is 0 Å². The first-order valence-corrected chi connectivity index (χ1v) is 9.25. The maximum atomic E-state index is 10.9. The van der Waals surface area contributed by atoms with Gasteiger partial charge in [0.25, 0.3) is 0 Å². The molecular weight excluding hydrogens is 348 g/mol. The Morgan fingerprint density at radius 2 is 1.48 bits per heavy atom. The van der Waals surface area contributed by atoms with Gasteiger partial charge in [-0.05, 0) is 12.5 Å². The summed E-state index contributed by atoms with van der Waals surface area (Å²) in [6.07, 6.45) is -0.651. The van der Waals surface area contributed by atoms with E-state index in [1.807, 2.05) is 37.3 Å². The number of aliphatic hydroxyl groups is 1. The second kappa shape index (κ2) is 9.59. The molecule has 1 aliphatic heterocycles. The lowest BCUT2D eigenvalue weighted by Gasteiger charge is -2.52. The summed E-state index contributed by atoms with van der Waals surface area (Å²) < 4.78 is 29.7. The van der Waals surface area contributed by atoms with Gasteiger partial charge in [-0.3, -0.25) is 0 Å². The molecule has 0 amide bonds. The molecular formula is C21H28O6. The smallest absolute Gasteiger partial charge is 0.156 e. The number of hydrogen-bond acceptors (Lipinski definition) is 6. The van der Waals surface area contributed by atoms with E-state index in [-0.39, 0.29) is 0 Å². The van der Waals surface area contributed by atoms with Crippen LogP contribution < -0.4 is 0 Å². The van der Waals surface area contributed by atoms with Gasteiger partial charge >= 0.3 is 0 Å². The number of fused-ring (bicyclic) bond motifs is 2. The summed E-state index contributed by atoms with van der Waals surface area (Å²) in [5.41, 5.74) is 1.01. The Hall–Kier alpha value is -1.54. The molecule has 2 fully saturated rings. The monoisotopic (exact) mass is 376 g/mol. The predicted octanol–water partition coefficient (Wildman–Crippen LogP) is 2.22. The summed E-state index contributed by atoms with van der Waals surface area (Å²) in [5.74, 6) is 0. The summed E-state index contributed by atoms with van der Waals surface area (Å²) in [7, 11) is 0. The maximum absolute atomic E-state index is 10.9. The Labute approximate surface area is 160 Å². The minimum Gasteiger partial charge on any atom is -0.387 e. The van der Waals surface area contributed by atoms with Gasteiger partial charge in [-0.1, -0.05) is 42.5 Å². The Morgan fingerprint density at radius 1 is 0.926 bits per heavy atom. The van der Waals surface area contributed by atoms with Crippen LogP contribution in [0.1, 0.15) is 12.5 Å². The SMILES string of the molecule is C=CCO[C@@H]1[C@H]2O[C@@H](C)O[C@@H]1[C@H](OCc1ccccc1)[C@H](O)[C@H]2OCC=C. The summed E-state index contributed by atoms with van der Waals surface area (Å²) in [6, 6.07) is 9.80. The van der Waals surface area contributed by atoms with Gasteiger partial charge in [0.05, 0.1) is 19.8 Å². The molecule has 1 heterocycles. The van der Waals surface area contributed by atoms with Crippen molar-refractivity contribution in [3.63, 3.8) is 0 Å². The summed E-state index contributed by atoms with van der Waals surface area (Å²) >= 11 is 0. The number of benzene rings is 1. The summed E-state index contributed by atoms with van der Waals surface area (Å²) in [5, 5.41) is 10.9. The number of hydrogen-bond donors (Lipinski definition) is 1. The molecule has 148 valence electrons. The van der Waals surface area contributed by atoms with E-state index in [4.69, 9.17) is 23.7 Å². The van der Waals surface area contributed by atoms with Crippen LogP contribution in [0.5, 0.6) is 0 Å². The average Bonchev–Trinajstić information content (AvgIpc) is 2.67. The van der Waals surface area contributed by atoms with Crippen molar-refractivity contribution in [2.24, 2.45) is 0 Å². The third kappa shape index (κ3) is 4.66. The molecule has 0 aromatic heterocycles.